The summed E-state index contributed by atoms with van der Waals surface area (Å²) in [7, 11) is 0. The zero-order valence-corrected chi connectivity index (χ0v) is 7.33. The largest absolute Gasteiger partial charge is 0.868 e. The van der Waals surface area contributed by atoms with Crippen molar-refractivity contribution in [3.05, 3.63) is 54.3 Å². The van der Waals surface area contributed by atoms with Crippen molar-refractivity contribution in [2.75, 3.05) is 0 Å². The second kappa shape index (κ2) is 3.33. The second-order valence-electron chi connectivity index (χ2n) is 2.86. The predicted octanol–water partition coefficient (Wildman–Crippen LogP) is -0.330. The van der Waals surface area contributed by atoms with Crippen molar-refractivity contribution in [2.24, 2.45) is 0 Å². The van der Waals surface area contributed by atoms with Crippen LogP contribution < -0.4 is 14.4 Å². The van der Waals surface area contributed by atoms with E-state index in [1.807, 2.05) is 0 Å². The van der Waals surface area contributed by atoms with Gasteiger partial charge < -0.3 is 10.3 Å². The summed E-state index contributed by atoms with van der Waals surface area (Å²) in [5.41, 5.74) is 0.787. The first-order valence-corrected chi connectivity index (χ1v) is 4.13. The molecule has 0 unspecified atom stereocenters. The molecule has 0 bridgehead atoms. The maximum absolute atomic E-state index is 11.0. The number of rotatable bonds is 1. The summed E-state index contributed by atoms with van der Waals surface area (Å²) in [6.45, 7) is 0. The summed E-state index contributed by atoms with van der Waals surface area (Å²) in [6, 6.07) is 6.44. The number of aromatic nitrogens is 2. The summed E-state index contributed by atoms with van der Waals surface area (Å²) in [5, 5.41) is 21.8. The van der Waals surface area contributed by atoms with E-state index in [-0.39, 0.29) is 5.75 Å². The zero-order valence-electron chi connectivity index (χ0n) is 7.33. The Morgan fingerprint density at radius 3 is 2.36 bits per heavy atom. The van der Waals surface area contributed by atoms with Gasteiger partial charge in [-0.15, -0.1) is 0 Å². The Balaban J connectivity index is 2.44. The van der Waals surface area contributed by atoms with E-state index in [1.54, 1.807) is 29.0 Å². The first-order chi connectivity index (χ1) is 6.75. The van der Waals surface area contributed by atoms with Crippen molar-refractivity contribution in [2.45, 2.75) is 0 Å². The van der Waals surface area contributed by atoms with Crippen LogP contribution in [0.5, 0.6) is 5.75 Å². The van der Waals surface area contributed by atoms with Gasteiger partial charge in [-0.1, -0.05) is 6.07 Å². The molecule has 0 aliphatic rings. The van der Waals surface area contributed by atoms with E-state index in [2.05, 4.69) is 0 Å². The SMILES string of the molecule is [O-]c1ccc[n+](-c2cc[n+]([O-])cc2)c1. The maximum atomic E-state index is 11.0. The predicted molar refractivity (Wildman–Crippen MR) is 46.4 cm³/mol. The Morgan fingerprint density at radius 1 is 1.00 bits per heavy atom. The highest BCUT2D eigenvalue weighted by molar-refractivity contribution is 5.17. The summed E-state index contributed by atoms with van der Waals surface area (Å²) in [4.78, 5) is 0. The van der Waals surface area contributed by atoms with Gasteiger partial charge in [-0.3, -0.25) is 0 Å². The molecule has 0 N–H and O–H groups in total. The van der Waals surface area contributed by atoms with E-state index >= 15 is 0 Å². The van der Waals surface area contributed by atoms with Gasteiger partial charge in [0.15, 0.2) is 24.8 Å². The van der Waals surface area contributed by atoms with Crippen LogP contribution in [0.1, 0.15) is 0 Å². The van der Waals surface area contributed by atoms with Crippen LogP contribution in [-0.4, -0.2) is 0 Å². The average molecular weight is 188 g/mol. The normalized spacial score (nSPS) is 10.0. The van der Waals surface area contributed by atoms with Crippen molar-refractivity contribution < 1.29 is 14.4 Å². The Morgan fingerprint density at radius 2 is 1.71 bits per heavy atom. The van der Waals surface area contributed by atoms with Crippen LogP contribution in [0.3, 0.4) is 0 Å². The molecule has 0 radical (unpaired) electrons. The number of pyridine rings is 2. The van der Waals surface area contributed by atoms with Gasteiger partial charge in [-0.25, -0.2) is 0 Å². The first-order valence-electron chi connectivity index (χ1n) is 4.13. The molecule has 2 rings (SSSR count). The molecule has 0 aliphatic carbocycles. The van der Waals surface area contributed by atoms with E-state index in [9.17, 15) is 10.3 Å². The second-order valence-corrected chi connectivity index (χ2v) is 2.86. The van der Waals surface area contributed by atoms with Crippen LogP contribution in [0.25, 0.3) is 5.69 Å². The van der Waals surface area contributed by atoms with Gasteiger partial charge in [0.1, 0.15) is 0 Å². The molecular weight excluding hydrogens is 180 g/mol. The molecule has 2 aromatic rings. The van der Waals surface area contributed by atoms with E-state index in [1.165, 1.54) is 24.7 Å². The summed E-state index contributed by atoms with van der Waals surface area (Å²) in [5.74, 6) is -0.0636. The zero-order chi connectivity index (χ0) is 9.97. The minimum atomic E-state index is -0.0636. The summed E-state index contributed by atoms with van der Waals surface area (Å²) in [6.07, 6.45) is 6.00. The Bertz CT molecular complexity index is 440. The van der Waals surface area contributed by atoms with E-state index < -0.39 is 0 Å². The lowest BCUT2D eigenvalue weighted by Gasteiger charge is -2.01. The highest BCUT2D eigenvalue weighted by Gasteiger charge is 2.04. The minimum absolute atomic E-state index is 0.0636. The lowest BCUT2D eigenvalue weighted by molar-refractivity contribution is -0.617. The maximum Gasteiger partial charge on any atom is 0.222 e. The standard InChI is InChI=1S/C10H8N2O2/c13-10-2-1-5-11(8-10)9-3-6-12(14)7-4-9/h1-8H. The van der Waals surface area contributed by atoms with Gasteiger partial charge >= 0.3 is 0 Å². The number of hydrogen-bond donors (Lipinski definition) is 0. The van der Waals surface area contributed by atoms with E-state index in [0.717, 1.165) is 5.69 Å². The molecule has 4 nitrogen and oxygen atoms in total. The fourth-order valence-corrected chi connectivity index (χ4v) is 1.19. The van der Waals surface area contributed by atoms with Crippen molar-refractivity contribution in [1.82, 2.24) is 0 Å². The lowest BCUT2D eigenvalue weighted by atomic mass is 10.3. The van der Waals surface area contributed by atoms with Crippen LogP contribution >= 0.6 is 0 Å². The van der Waals surface area contributed by atoms with Crippen molar-refractivity contribution >= 4 is 0 Å². The van der Waals surface area contributed by atoms with Gasteiger partial charge in [-0.2, -0.15) is 9.30 Å². The molecule has 0 saturated carbocycles. The molecule has 2 heterocycles. The Kier molecular flexibility index (Phi) is 2.02. The Labute approximate surface area is 80.9 Å². The van der Waals surface area contributed by atoms with Gasteiger partial charge in [0, 0.05) is 6.07 Å². The molecule has 0 amide bonds. The molecule has 4 heteroatoms. The molecule has 0 aromatic carbocycles. The molecule has 0 saturated heterocycles. The van der Waals surface area contributed by atoms with Crippen LogP contribution in [0, 0.1) is 5.21 Å². The quantitative estimate of drug-likeness (QED) is 0.454. The molecule has 14 heavy (non-hydrogen) atoms. The van der Waals surface area contributed by atoms with Crippen LogP contribution in [0.15, 0.2) is 49.1 Å². The average Bonchev–Trinajstić information content (AvgIpc) is 2.19. The molecule has 0 atom stereocenters. The van der Waals surface area contributed by atoms with Crippen LogP contribution in [-0.2, 0) is 0 Å². The molecule has 0 spiro atoms. The highest BCUT2D eigenvalue weighted by Crippen LogP contribution is 2.00. The number of nitrogens with zero attached hydrogens (tertiary/aromatic N) is 2. The molecular formula is C10H8N2O2. The topological polar surface area (TPSA) is 53.9 Å². The van der Waals surface area contributed by atoms with Gasteiger partial charge in [-0.05, 0) is 5.75 Å². The third kappa shape index (κ3) is 1.64. The Hall–Kier alpha value is -2.10. The third-order valence-electron chi connectivity index (χ3n) is 1.86. The lowest BCUT2D eigenvalue weighted by Crippen LogP contribution is -2.32. The van der Waals surface area contributed by atoms with Gasteiger partial charge in [0.25, 0.3) is 0 Å². The first kappa shape index (κ1) is 8.50. The fraction of sp³-hybridized carbons (Fsp3) is 0. The number of hydrogen-bond acceptors (Lipinski definition) is 2. The van der Waals surface area contributed by atoms with Gasteiger partial charge in [0.05, 0.1) is 12.1 Å². The fourth-order valence-electron chi connectivity index (χ4n) is 1.19. The van der Waals surface area contributed by atoms with Crippen LogP contribution in [0.4, 0.5) is 0 Å². The molecule has 0 fully saturated rings. The van der Waals surface area contributed by atoms with E-state index in [0.29, 0.717) is 4.73 Å². The van der Waals surface area contributed by atoms with Crippen LogP contribution in [0.2, 0.25) is 0 Å². The molecule has 0 aliphatic heterocycles. The van der Waals surface area contributed by atoms with Crippen molar-refractivity contribution in [3.63, 3.8) is 0 Å². The van der Waals surface area contributed by atoms with E-state index in [4.69, 9.17) is 0 Å². The molecule has 70 valence electrons. The van der Waals surface area contributed by atoms with Crippen molar-refractivity contribution in [1.29, 1.82) is 0 Å². The monoisotopic (exact) mass is 188 g/mol. The smallest absolute Gasteiger partial charge is 0.222 e. The minimum Gasteiger partial charge on any atom is -0.868 e. The van der Waals surface area contributed by atoms with Crippen molar-refractivity contribution in [3.8, 4) is 11.4 Å². The summed E-state index contributed by atoms with van der Waals surface area (Å²) >= 11 is 0. The molecule has 2 aromatic heterocycles. The summed E-state index contributed by atoms with van der Waals surface area (Å²) < 4.78 is 2.37. The third-order valence-corrected chi connectivity index (χ3v) is 1.86. The van der Waals surface area contributed by atoms with Gasteiger partial charge in [0.2, 0.25) is 5.69 Å². The highest BCUT2D eigenvalue weighted by atomic mass is 16.5.